The largest absolute Gasteiger partial charge is 0.357 e. The monoisotopic (exact) mass is 392 g/mol. The van der Waals surface area contributed by atoms with Crippen LogP contribution in [0.15, 0.2) is 11.3 Å². The van der Waals surface area contributed by atoms with E-state index in [0.717, 1.165) is 31.4 Å². The summed E-state index contributed by atoms with van der Waals surface area (Å²) in [7, 11) is 1.94. The lowest BCUT2D eigenvalue weighted by atomic mass is 9.93. The highest BCUT2D eigenvalue weighted by molar-refractivity contribution is 14.0. The first-order valence-corrected chi connectivity index (χ1v) is 6.88. The molecule has 7 heteroatoms. The molecule has 0 saturated carbocycles. The molecule has 1 aromatic heterocycles. The van der Waals surface area contributed by atoms with E-state index < -0.39 is 0 Å². The van der Waals surface area contributed by atoms with Gasteiger partial charge in [0.05, 0.1) is 0 Å². The first kappa shape index (κ1) is 17.2. The molecule has 2 heterocycles. The molecule has 0 aliphatic carbocycles. The molecule has 20 heavy (non-hydrogen) atoms. The molecular formula is C13H25IN6. The van der Waals surface area contributed by atoms with E-state index in [1.807, 2.05) is 11.6 Å². The summed E-state index contributed by atoms with van der Waals surface area (Å²) in [6, 6.07) is 0. The molecule has 1 aliphatic heterocycles. The highest BCUT2D eigenvalue weighted by Crippen LogP contribution is 2.28. The van der Waals surface area contributed by atoms with E-state index >= 15 is 0 Å². The lowest BCUT2D eigenvalue weighted by Crippen LogP contribution is -2.40. The van der Waals surface area contributed by atoms with Gasteiger partial charge in [0, 0.05) is 26.7 Å². The van der Waals surface area contributed by atoms with Gasteiger partial charge in [0.25, 0.3) is 0 Å². The van der Waals surface area contributed by atoms with Crippen molar-refractivity contribution in [3.05, 3.63) is 12.2 Å². The van der Waals surface area contributed by atoms with Gasteiger partial charge in [-0.15, -0.1) is 34.2 Å². The molecular weight excluding hydrogens is 367 g/mol. The van der Waals surface area contributed by atoms with Crippen LogP contribution in [0.3, 0.4) is 0 Å². The van der Waals surface area contributed by atoms with Crippen molar-refractivity contribution in [2.45, 2.75) is 33.7 Å². The number of aryl methyl sites for hydroxylation is 1. The number of likely N-dealkylation sites (tertiary alicyclic amines) is 1. The minimum absolute atomic E-state index is 0. The molecule has 0 spiro atoms. The zero-order chi connectivity index (χ0) is 13.9. The van der Waals surface area contributed by atoms with E-state index in [2.05, 4.69) is 46.2 Å². The molecule has 0 radical (unpaired) electrons. The van der Waals surface area contributed by atoms with Crippen molar-refractivity contribution in [1.29, 1.82) is 0 Å². The number of guanidine groups is 1. The van der Waals surface area contributed by atoms with Gasteiger partial charge in [-0.2, -0.15) is 0 Å². The molecule has 1 aliphatic rings. The number of aliphatic imine (C=N–C) groups is 1. The average molecular weight is 392 g/mol. The van der Waals surface area contributed by atoms with Gasteiger partial charge in [-0.3, -0.25) is 0 Å². The van der Waals surface area contributed by atoms with Gasteiger partial charge in [0.1, 0.15) is 12.9 Å². The predicted octanol–water partition coefficient (Wildman–Crippen LogP) is 1.63. The molecule has 114 valence electrons. The van der Waals surface area contributed by atoms with Crippen molar-refractivity contribution in [2.75, 3.05) is 19.6 Å². The maximum absolute atomic E-state index is 4.67. The fourth-order valence-corrected chi connectivity index (χ4v) is 2.31. The van der Waals surface area contributed by atoms with E-state index in [9.17, 15) is 0 Å². The summed E-state index contributed by atoms with van der Waals surface area (Å²) in [4.78, 5) is 7.01. The number of aromatic nitrogens is 3. The Labute approximate surface area is 138 Å². The highest BCUT2D eigenvalue weighted by atomic mass is 127. The Morgan fingerprint density at radius 3 is 2.75 bits per heavy atom. The third-order valence-corrected chi connectivity index (χ3v) is 3.49. The number of hydrogen-bond donors (Lipinski definition) is 1. The van der Waals surface area contributed by atoms with Crippen molar-refractivity contribution in [3.8, 4) is 0 Å². The Bertz CT molecular complexity index is 453. The zero-order valence-corrected chi connectivity index (χ0v) is 15.1. The molecule has 0 amide bonds. The van der Waals surface area contributed by atoms with Gasteiger partial charge < -0.3 is 14.8 Å². The lowest BCUT2D eigenvalue weighted by Gasteiger charge is -2.23. The molecule has 1 fully saturated rings. The standard InChI is InChI=1S/C13H24N6.HI/c1-5-14-12(19-7-6-13(2,3)9-19)15-8-11-17-16-10-18(11)4;/h10H,5-9H2,1-4H3,(H,14,15);1H. The van der Waals surface area contributed by atoms with Crippen molar-refractivity contribution >= 4 is 29.9 Å². The van der Waals surface area contributed by atoms with Gasteiger partial charge in [-0.1, -0.05) is 13.8 Å². The molecule has 6 nitrogen and oxygen atoms in total. The Balaban J connectivity index is 0.00000200. The lowest BCUT2D eigenvalue weighted by molar-refractivity contribution is 0.370. The first-order valence-electron chi connectivity index (χ1n) is 6.88. The van der Waals surface area contributed by atoms with Gasteiger partial charge in [0.15, 0.2) is 11.8 Å². The fourth-order valence-electron chi connectivity index (χ4n) is 2.31. The SMILES string of the molecule is CCNC(=NCc1nncn1C)N1CCC(C)(C)C1.I. The van der Waals surface area contributed by atoms with E-state index in [1.165, 1.54) is 6.42 Å². The van der Waals surface area contributed by atoms with E-state index in [1.54, 1.807) is 6.33 Å². The van der Waals surface area contributed by atoms with E-state index in [0.29, 0.717) is 12.0 Å². The molecule has 0 aromatic carbocycles. The molecule has 0 atom stereocenters. The van der Waals surface area contributed by atoms with Crippen LogP contribution in [0.4, 0.5) is 0 Å². The minimum atomic E-state index is 0. The zero-order valence-electron chi connectivity index (χ0n) is 12.8. The topological polar surface area (TPSA) is 58.3 Å². The Hall–Kier alpha value is -0.860. The first-order chi connectivity index (χ1) is 9.02. The predicted molar refractivity (Wildman–Crippen MR) is 91.2 cm³/mol. The van der Waals surface area contributed by atoms with Gasteiger partial charge in [-0.05, 0) is 18.8 Å². The van der Waals surface area contributed by atoms with E-state index in [-0.39, 0.29) is 24.0 Å². The van der Waals surface area contributed by atoms with Crippen LogP contribution in [-0.2, 0) is 13.6 Å². The molecule has 1 N–H and O–H groups in total. The molecule has 0 unspecified atom stereocenters. The fraction of sp³-hybridized carbons (Fsp3) is 0.769. The summed E-state index contributed by atoms with van der Waals surface area (Å²) in [6.45, 7) is 10.3. The summed E-state index contributed by atoms with van der Waals surface area (Å²) >= 11 is 0. The van der Waals surface area contributed by atoms with Gasteiger partial charge in [0.2, 0.25) is 0 Å². The summed E-state index contributed by atoms with van der Waals surface area (Å²) < 4.78 is 1.90. The van der Waals surface area contributed by atoms with Gasteiger partial charge in [-0.25, -0.2) is 4.99 Å². The van der Waals surface area contributed by atoms with Crippen LogP contribution in [0.25, 0.3) is 0 Å². The number of hydrogen-bond acceptors (Lipinski definition) is 3. The molecule has 0 bridgehead atoms. The van der Waals surface area contributed by atoms with Crippen LogP contribution in [0, 0.1) is 5.41 Å². The Morgan fingerprint density at radius 1 is 1.50 bits per heavy atom. The second-order valence-electron chi connectivity index (χ2n) is 5.86. The van der Waals surface area contributed by atoms with Crippen molar-refractivity contribution in [1.82, 2.24) is 25.0 Å². The van der Waals surface area contributed by atoms with Gasteiger partial charge >= 0.3 is 0 Å². The normalized spacial score (nSPS) is 18.0. The molecule has 2 rings (SSSR count). The molecule has 1 aromatic rings. The third-order valence-electron chi connectivity index (χ3n) is 3.49. The van der Waals surface area contributed by atoms with Crippen molar-refractivity contribution < 1.29 is 0 Å². The maximum Gasteiger partial charge on any atom is 0.194 e. The van der Waals surface area contributed by atoms with Crippen LogP contribution in [0.1, 0.15) is 33.0 Å². The van der Waals surface area contributed by atoms with Crippen LogP contribution >= 0.6 is 24.0 Å². The number of nitrogens with zero attached hydrogens (tertiary/aromatic N) is 5. The second kappa shape index (κ2) is 7.24. The number of nitrogens with one attached hydrogen (secondary N) is 1. The van der Waals surface area contributed by atoms with Crippen molar-refractivity contribution in [3.63, 3.8) is 0 Å². The average Bonchev–Trinajstić information content (AvgIpc) is 2.91. The van der Waals surface area contributed by atoms with Crippen LogP contribution in [-0.4, -0.2) is 45.3 Å². The maximum atomic E-state index is 4.67. The third kappa shape index (κ3) is 4.32. The molecule has 1 saturated heterocycles. The second-order valence-corrected chi connectivity index (χ2v) is 5.86. The van der Waals surface area contributed by atoms with Crippen LogP contribution < -0.4 is 5.32 Å². The van der Waals surface area contributed by atoms with Crippen molar-refractivity contribution in [2.24, 2.45) is 17.5 Å². The van der Waals surface area contributed by atoms with Crippen LogP contribution in [0.2, 0.25) is 0 Å². The Kier molecular flexibility index (Phi) is 6.22. The quantitative estimate of drug-likeness (QED) is 0.483. The minimum Gasteiger partial charge on any atom is -0.357 e. The highest BCUT2D eigenvalue weighted by Gasteiger charge is 2.30. The van der Waals surface area contributed by atoms with Crippen LogP contribution in [0.5, 0.6) is 0 Å². The summed E-state index contributed by atoms with van der Waals surface area (Å²) in [5.41, 5.74) is 0.376. The summed E-state index contributed by atoms with van der Waals surface area (Å²) in [5.74, 6) is 1.87. The smallest absolute Gasteiger partial charge is 0.194 e. The van der Waals surface area contributed by atoms with E-state index in [4.69, 9.17) is 0 Å². The summed E-state index contributed by atoms with van der Waals surface area (Å²) in [5, 5.41) is 11.3. The number of rotatable bonds is 3. The Morgan fingerprint density at radius 2 is 2.25 bits per heavy atom. The number of halogens is 1. The summed E-state index contributed by atoms with van der Waals surface area (Å²) in [6.07, 6.45) is 2.91.